The second-order valence-corrected chi connectivity index (χ2v) is 3.03. The van der Waals surface area contributed by atoms with E-state index < -0.39 is 0 Å². The highest BCUT2D eigenvalue weighted by molar-refractivity contribution is 7.80. The van der Waals surface area contributed by atoms with E-state index in [2.05, 4.69) is 18.7 Å². The van der Waals surface area contributed by atoms with Crippen molar-refractivity contribution in [3.8, 4) is 6.07 Å². The van der Waals surface area contributed by atoms with Gasteiger partial charge in [-0.2, -0.15) is 17.9 Å². The maximum atomic E-state index is 8.46. The molecule has 0 aliphatic heterocycles. The van der Waals surface area contributed by atoms with Gasteiger partial charge in [0.1, 0.15) is 0 Å². The largest absolute Gasteiger partial charge is 0.198 e. The molecular formula is C11H11NS. The normalized spacial score (nSPS) is 10.2. The molecule has 0 spiro atoms. The molecule has 0 amide bonds. The summed E-state index contributed by atoms with van der Waals surface area (Å²) in [5.41, 5.74) is 2.21. The van der Waals surface area contributed by atoms with Crippen LogP contribution in [0.25, 0.3) is 6.08 Å². The van der Waals surface area contributed by atoms with Gasteiger partial charge in [0.2, 0.25) is 0 Å². The summed E-state index contributed by atoms with van der Waals surface area (Å²) in [7, 11) is 0. The van der Waals surface area contributed by atoms with Gasteiger partial charge < -0.3 is 0 Å². The van der Waals surface area contributed by atoms with Gasteiger partial charge in [0.05, 0.1) is 12.5 Å². The first-order valence-electron chi connectivity index (χ1n) is 4.10. The van der Waals surface area contributed by atoms with E-state index >= 15 is 0 Å². The molecule has 0 aliphatic rings. The monoisotopic (exact) mass is 189 g/mol. The average molecular weight is 189 g/mol. The molecule has 0 atom stereocenters. The summed E-state index contributed by atoms with van der Waals surface area (Å²) in [4.78, 5) is 0. The van der Waals surface area contributed by atoms with Crippen molar-refractivity contribution in [2.75, 3.05) is 5.75 Å². The van der Waals surface area contributed by atoms with Gasteiger partial charge in [-0.05, 0) is 11.1 Å². The van der Waals surface area contributed by atoms with Gasteiger partial charge in [-0.3, -0.25) is 0 Å². The second-order valence-electron chi connectivity index (χ2n) is 2.66. The van der Waals surface area contributed by atoms with Crippen LogP contribution in [-0.2, 0) is 6.42 Å². The minimum Gasteiger partial charge on any atom is -0.198 e. The Balaban J connectivity index is 2.70. The Morgan fingerprint density at radius 1 is 1.31 bits per heavy atom. The molecule has 1 nitrogen and oxygen atoms in total. The molecule has 1 rings (SSSR count). The molecule has 0 N–H and O–H groups in total. The molecule has 0 unspecified atom stereocenters. The fraction of sp³-hybridized carbons (Fsp3) is 0.182. The molecule has 0 fully saturated rings. The Hall–Kier alpha value is -1.20. The first-order chi connectivity index (χ1) is 6.36. The van der Waals surface area contributed by atoms with Crippen molar-refractivity contribution in [3.63, 3.8) is 0 Å². The Kier molecular flexibility index (Phi) is 4.14. The smallest absolute Gasteiger partial charge is 0.0669 e. The van der Waals surface area contributed by atoms with Crippen molar-refractivity contribution in [1.82, 2.24) is 0 Å². The zero-order valence-electron chi connectivity index (χ0n) is 7.27. The van der Waals surface area contributed by atoms with Crippen LogP contribution in [0, 0.1) is 11.3 Å². The van der Waals surface area contributed by atoms with Gasteiger partial charge in [-0.25, -0.2) is 0 Å². The Morgan fingerprint density at radius 3 is 2.54 bits per heavy atom. The number of nitrogens with zero attached hydrogens (tertiary/aromatic N) is 1. The van der Waals surface area contributed by atoms with Crippen molar-refractivity contribution in [2.24, 2.45) is 0 Å². The van der Waals surface area contributed by atoms with Gasteiger partial charge in [-0.1, -0.05) is 36.4 Å². The van der Waals surface area contributed by atoms with E-state index in [1.165, 1.54) is 0 Å². The third-order valence-corrected chi connectivity index (χ3v) is 1.89. The number of hydrogen-bond donors (Lipinski definition) is 1. The first-order valence-corrected chi connectivity index (χ1v) is 4.73. The Labute approximate surface area is 84.1 Å². The maximum absolute atomic E-state index is 8.46. The summed E-state index contributed by atoms with van der Waals surface area (Å²) in [5, 5.41) is 8.46. The highest BCUT2D eigenvalue weighted by Crippen LogP contribution is 2.06. The zero-order chi connectivity index (χ0) is 9.52. The van der Waals surface area contributed by atoms with E-state index in [1.807, 2.05) is 36.4 Å². The summed E-state index contributed by atoms with van der Waals surface area (Å²) in [6.07, 6.45) is 4.49. The number of hydrogen-bond acceptors (Lipinski definition) is 2. The van der Waals surface area contributed by atoms with E-state index in [4.69, 9.17) is 5.26 Å². The standard InChI is InChI=1S/C11H11NS/c12-8-7-11-5-3-10(4-6-11)2-1-9-13/h1-6,13H,7,9H2. The topological polar surface area (TPSA) is 23.8 Å². The fourth-order valence-electron chi connectivity index (χ4n) is 1.03. The number of nitriles is 1. The van der Waals surface area contributed by atoms with Crippen LogP contribution in [0.2, 0.25) is 0 Å². The van der Waals surface area contributed by atoms with E-state index in [-0.39, 0.29) is 0 Å². The van der Waals surface area contributed by atoms with Gasteiger partial charge in [0.15, 0.2) is 0 Å². The number of thiol groups is 1. The van der Waals surface area contributed by atoms with Gasteiger partial charge in [0.25, 0.3) is 0 Å². The van der Waals surface area contributed by atoms with Crippen LogP contribution >= 0.6 is 12.6 Å². The summed E-state index contributed by atoms with van der Waals surface area (Å²) in [5.74, 6) is 0.750. The first kappa shape index (κ1) is 9.88. The Bertz CT molecular complexity index is 319. The van der Waals surface area contributed by atoms with Gasteiger partial charge in [-0.15, -0.1) is 0 Å². The predicted octanol–water partition coefficient (Wildman–Crippen LogP) is 2.70. The number of benzene rings is 1. The van der Waals surface area contributed by atoms with Crippen LogP contribution in [-0.4, -0.2) is 5.75 Å². The minimum atomic E-state index is 0.483. The molecule has 66 valence electrons. The lowest BCUT2D eigenvalue weighted by Crippen LogP contribution is -1.80. The molecule has 0 heterocycles. The summed E-state index contributed by atoms with van der Waals surface area (Å²) >= 11 is 4.07. The van der Waals surface area contributed by atoms with E-state index in [0.717, 1.165) is 16.9 Å². The highest BCUT2D eigenvalue weighted by atomic mass is 32.1. The molecule has 0 aliphatic carbocycles. The predicted molar refractivity (Wildman–Crippen MR) is 58.6 cm³/mol. The van der Waals surface area contributed by atoms with E-state index in [9.17, 15) is 0 Å². The highest BCUT2D eigenvalue weighted by Gasteiger charge is 1.90. The van der Waals surface area contributed by atoms with Crippen LogP contribution in [0.3, 0.4) is 0 Å². The average Bonchev–Trinajstić information content (AvgIpc) is 2.17. The van der Waals surface area contributed by atoms with Crippen molar-refractivity contribution in [2.45, 2.75) is 6.42 Å². The third-order valence-electron chi connectivity index (χ3n) is 1.68. The van der Waals surface area contributed by atoms with E-state index in [1.54, 1.807) is 0 Å². The SMILES string of the molecule is N#CCc1ccc(C=CCS)cc1. The van der Waals surface area contributed by atoms with Crippen molar-refractivity contribution in [1.29, 1.82) is 5.26 Å². The molecule has 0 aromatic heterocycles. The summed E-state index contributed by atoms with van der Waals surface area (Å²) in [6, 6.07) is 10.1. The van der Waals surface area contributed by atoms with Gasteiger partial charge in [0, 0.05) is 5.75 Å². The van der Waals surface area contributed by atoms with Crippen LogP contribution in [0.1, 0.15) is 11.1 Å². The molecule has 0 radical (unpaired) electrons. The van der Waals surface area contributed by atoms with Crippen molar-refractivity contribution < 1.29 is 0 Å². The van der Waals surface area contributed by atoms with Crippen molar-refractivity contribution in [3.05, 3.63) is 41.5 Å². The molecular weight excluding hydrogens is 178 g/mol. The van der Waals surface area contributed by atoms with Crippen LogP contribution in [0.15, 0.2) is 30.3 Å². The van der Waals surface area contributed by atoms with E-state index in [0.29, 0.717) is 6.42 Å². The molecule has 1 aromatic rings. The van der Waals surface area contributed by atoms with Gasteiger partial charge >= 0.3 is 0 Å². The van der Waals surface area contributed by atoms with Crippen LogP contribution in [0.4, 0.5) is 0 Å². The molecule has 0 saturated carbocycles. The summed E-state index contributed by atoms with van der Waals surface area (Å²) in [6.45, 7) is 0. The maximum Gasteiger partial charge on any atom is 0.0669 e. The van der Waals surface area contributed by atoms with Crippen LogP contribution < -0.4 is 0 Å². The van der Waals surface area contributed by atoms with Crippen LogP contribution in [0.5, 0.6) is 0 Å². The second kappa shape index (κ2) is 5.45. The zero-order valence-corrected chi connectivity index (χ0v) is 8.17. The minimum absolute atomic E-state index is 0.483. The molecule has 13 heavy (non-hydrogen) atoms. The quantitative estimate of drug-likeness (QED) is 0.726. The lowest BCUT2D eigenvalue weighted by molar-refractivity contribution is 1.26. The molecule has 1 aromatic carbocycles. The summed E-state index contributed by atoms with van der Waals surface area (Å²) < 4.78 is 0. The molecule has 2 heteroatoms. The number of rotatable bonds is 3. The lowest BCUT2D eigenvalue weighted by atomic mass is 10.1. The lowest BCUT2D eigenvalue weighted by Gasteiger charge is -1.95. The molecule has 0 bridgehead atoms. The molecule has 0 saturated heterocycles. The fourth-order valence-corrected chi connectivity index (χ4v) is 1.13. The van der Waals surface area contributed by atoms with Crippen molar-refractivity contribution >= 4 is 18.7 Å². The Morgan fingerprint density at radius 2 is 2.00 bits per heavy atom. The third kappa shape index (κ3) is 3.35.